The number of fused-ring (bicyclic) bond motifs is 1. The molecule has 2 aromatic rings. The molecule has 80 valence electrons. The summed E-state index contributed by atoms with van der Waals surface area (Å²) in [4.78, 5) is 0. The predicted octanol–water partition coefficient (Wildman–Crippen LogP) is 2.33. The lowest BCUT2D eigenvalue weighted by molar-refractivity contribution is 0.419. The van der Waals surface area contributed by atoms with Crippen LogP contribution < -0.4 is 10.5 Å². The van der Waals surface area contributed by atoms with Crippen LogP contribution in [-0.4, -0.2) is 13.2 Å². The number of furan rings is 1. The van der Waals surface area contributed by atoms with Crippen LogP contribution in [0.5, 0.6) is 5.75 Å². The summed E-state index contributed by atoms with van der Waals surface area (Å²) >= 11 is 0. The van der Waals surface area contributed by atoms with Crippen molar-refractivity contribution in [3.8, 4) is 5.75 Å². The lowest BCUT2D eigenvalue weighted by Crippen LogP contribution is -2.17. The Morgan fingerprint density at radius 2 is 2.27 bits per heavy atom. The molecule has 2 rings (SSSR count). The molecule has 1 atom stereocenters. The van der Waals surface area contributed by atoms with Crippen LogP contribution in [-0.2, 0) is 6.42 Å². The summed E-state index contributed by atoms with van der Waals surface area (Å²) in [6.07, 6.45) is 0.748. The molecule has 1 heterocycles. The lowest BCUT2D eigenvalue weighted by atomic mass is 10.2. The molecule has 3 heteroatoms. The Morgan fingerprint density at radius 1 is 1.47 bits per heavy atom. The molecule has 1 aromatic heterocycles. The second kappa shape index (κ2) is 3.95. The zero-order valence-corrected chi connectivity index (χ0v) is 8.99. The Morgan fingerprint density at radius 3 is 2.93 bits per heavy atom. The Bertz CT molecular complexity index is 460. The van der Waals surface area contributed by atoms with Crippen LogP contribution >= 0.6 is 0 Å². The number of nitrogens with two attached hydrogens (primary N) is 1. The van der Waals surface area contributed by atoms with Crippen LogP contribution in [0.4, 0.5) is 0 Å². The number of hydrogen-bond acceptors (Lipinski definition) is 3. The third kappa shape index (κ3) is 1.97. The van der Waals surface area contributed by atoms with Gasteiger partial charge in [-0.25, -0.2) is 0 Å². The molecule has 0 fully saturated rings. The Labute approximate surface area is 88.8 Å². The van der Waals surface area contributed by atoms with Gasteiger partial charge in [-0.2, -0.15) is 0 Å². The SMILES string of the molecule is COc1cccc2oc(CC(C)N)cc12. The van der Waals surface area contributed by atoms with E-state index in [0.717, 1.165) is 28.9 Å². The molecule has 0 bridgehead atoms. The molecule has 1 aromatic carbocycles. The minimum atomic E-state index is 0.108. The van der Waals surface area contributed by atoms with Crippen molar-refractivity contribution in [3.63, 3.8) is 0 Å². The molecule has 0 spiro atoms. The van der Waals surface area contributed by atoms with E-state index >= 15 is 0 Å². The van der Waals surface area contributed by atoms with Crippen LogP contribution in [0.2, 0.25) is 0 Å². The molecule has 0 aliphatic rings. The summed E-state index contributed by atoms with van der Waals surface area (Å²) in [5.41, 5.74) is 6.58. The van der Waals surface area contributed by atoms with E-state index in [0.29, 0.717) is 0 Å². The minimum Gasteiger partial charge on any atom is -0.496 e. The monoisotopic (exact) mass is 205 g/mol. The minimum absolute atomic E-state index is 0.108. The van der Waals surface area contributed by atoms with Gasteiger partial charge in [-0.3, -0.25) is 0 Å². The van der Waals surface area contributed by atoms with Crippen molar-refractivity contribution in [3.05, 3.63) is 30.0 Å². The van der Waals surface area contributed by atoms with E-state index in [9.17, 15) is 0 Å². The molecule has 0 saturated heterocycles. The average Bonchev–Trinajstić information content (AvgIpc) is 2.58. The van der Waals surface area contributed by atoms with Crippen LogP contribution in [0.1, 0.15) is 12.7 Å². The zero-order chi connectivity index (χ0) is 10.8. The van der Waals surface area contributed by atoms with E-state index in [1.807, 2.05) is 31.2 Å². The van der Waals surface area contributed by atoms with E-state index in [-0.39, 0.29) is 6.04 Å². The van der Waals surface area contributed by atoms with Gasteiger partial charge in [-0.15, -0.1) is 0 Å². The first-order valence-electron chi connectivity index (χ1n) is 5.01. The first-order chi connectivity index (χ1) is 7.20. The summed E-state index contributed by atoms with van der Waals surface area (Å²) in [6, 6.07) is 7.88. The van der Waals surface area contributed by atoms with Crippen LogP contribution in [0, 0.1) is 0 Å². The fraction of sp³-hybridized carbons (Fsp3) is 0.333. The standard InChI is InChI=1S/C12H15NO2/c1-8(13)6-9-7-10-11(14-2)4-3-5-12(10)15-9/h3-5,7-8H,6,13H2,1-2H3. The highest BCUT2D eigenvalue weighted by Crippen LogP contribution is 2.28. The smallest absolute Gasteiger partial charge is 0.138 e. The van der Waals surface area contributed by atoms with Gasteiger partial charge in [0.05, 0.1) is 12.5 Å². The van der Waals surface area contributed by atoms with Gasteiger partial charge in [0.15, 0.2) is 0 Å². The van der Waals surface area contributed by atoms with Gasteiger partial charge in [0.2, 0.25) is 0 Å². The Kier molecular flexibility index (Phi) is 2.64. The van der Waals surface area contributed by atoms with E-state index in [1.165, 1.54) is 0 Å². The molecule has 0 saturated carbocycles. The van der Waals surface area contributed by atoms with Crippen LogP contribution in [0.15, 0.2) is 28.7 Å². The molecule has 0 radical (unpaired) electrons. The molecule has 15 heavy (non-hydrogen) atoms. The summed E-state index contributed by atoms with van der Waals surface area (Å²) in [5, 5.41) is 1.01. The molecule has 2 N–H and O–H groups in total. The first kappa shape index (κ1) is 10.1. The van der Waals surface area contributed by atoms with Crippen molar-refractivity contribution >= 4 is 11.0 Å². The van der Waals surface area contributed by atoms with Gasteiger partial charge in [0.25, 0.3) is 0 Å². The van der Waals surface area contributed by atoms with Crippen molar-refractivity contribution in [1.29, 1.82) is 0 Å². The predicted molar refractivity (Wildman–Crippen MR) is 60.1 cm³/mol. The quantitative estimate of drug-likeness (QED) is 0.836. The fourth-order valence-corrected chi connectivity index (χ4v) is 1.68. The normalized spacial score (nSPS) is 13.0. The largest absolute Gasteiger partial charge is 0.496 e. The topological polar surface area (TPSA) is 48.4 Å². The fourth-order valence-electron chi connectivity index (χ4n) is 1.68. The van der Waals surface area contributed by atoms with Gasteiger partial charge in [0, 0.05) is 12.5 Å². The van der Waals surface area contributed by atoms with Crippen molar-refractivity contribution in [2.75, 3.05) is 7.11 Å². The highest BCUT2D eigenvalue weighted by molar-refractivity contribution is 5.84. The van der Waals surface area contributed by atoms with Crippen molar-refractivity contribution in [1.82, 2.24) is 0 Å². The third-order valence-corrected chi connectivity index (χ3v) is 2.32. The van der Waals surface area contributed by atoms with Gasteiger partial charge in [0.1, 0.15) is 17.1 Å². The Balaban J connectivity index is 2.45. The second-order valence-corrected chi connectivity index (χ2v) is 3.77. The molecule has 0 aliphatic heterocycles. The molecule has 0 amide bonds. The maximum Gasteiger partial charge on any atom is 0.138 e. The van der Waals surface area contributed by atoms with Crippen LogP contribution in [0.25, 0.3) is 11.0 Å². The van der Waals surface area contributed by atoms with Gasteiger partial charge in [-0.05, 0) is 25.1 Å². The summed E-state index contributed by atoms with van der Waals surface area (Å²) in [5.74, 6) is 1.75. The molecule has 1 unspecified atom stereocenters. The maximum absolute atomic E-state index is 5.73. The molecule has 0 aliphatic carbocycles. The van der Waals surface area contributed by atoms with E-state index in [1.54, 1.807) is 7.11 Å². The number of benzene rings is 1. The first-order valence-corrected chi connectivity index (χ1v) is 5.01. The van der Waals surface area contributed by atoms with Gasteiger partial charge in [-0.1, -0.05) is 6.07 Å². The third-order valence-electron chi connectivity index (χ3n) is 2.32. The van der Waals surface area contributed by atoms with Crippen molar-refractivity contribution in [2.45, 2.75) is 19.4 Å². The van der Waals surface area contributed by atoms with Crippen LogP contribution in [0.3, 0.4) is 0 Å². The number of rotatable bonds is 3. The van der Waals surface area contributed by atoms with E-state index < -0.39 is 0 Å². The van der Waals surface area contributed by atoms with E-state index in [4.69, 9.17) is 14.9 Å². The van der Waals surface area contributed by atoms with E-state index in [2.05, 4.69) is 0 Å². The summed E-state index contributed by atoms with van der Waals surface area (Å²) in [6.45, 7) is 1.96. The lowest BCUT2D eigenvalue weighted by Gasteiger charge is -1.98. The maximum atomic E-state index is 5.73. The molecule has 3 nitrogen and oxygen atoms in total. The second-order valence-electron chi connectivity index (χ2n) is 3.77. The number of methoxy groups -OCH3 is 1. The Hall–Kier alpha value is -1.48. The highest BCUT2D eigenvalue weighted by Gasteiger charge is 2.09. The van der Waals surface area contributed by atoms with Gasteiger partial charge < -0.3 is 14.9 Å². The number of hydrogen-bond donors (Lipinski definition) is 1. The zero-order valence-electron chi connectivity index (χ0n) is 8.99. The highest BCUT2D eigenvalue weighted by atomic mass is 16.5. The van der Waals surface area contributed by atoms with Gasteiger partial charge >= 0.3 is 0 Å². The number of ether oxygens (including phenoxy) is 1. The summed E-state index contributed by atoms with van der Waals surface area (Å²) in [7, 11) is 1.66. The molecular weight excluding hydrogens is 190 g/mol. The van der Waals surface area contributed by atoms with Crippen molar-refractivity contribution < 1.29 is 9.15 Å². The summed E-state index contributed by atoms with van der Waals surface area (Å²) < 4.78 is 10.9. The van der Waals surface area contributed by atoms with Crippen molar-refractivity contribution in [2.24, 2.45) is 5.73 Å². The molecular formula is C12H15NO2. The average molecular weight is 205 g/mol.